The second-order valence-electron chi connectivity index (χ2n) is 5.32. The fourth-order valence-corrected chi connectivity index (χ4v) is 2.47. The van der Waals surface area contributed by atoms with Crippen molar-refractivity contribution in [2.45, 2.75) is 25.8 Å². The van der Waals surface area contributed by atoms with Crippen LogP contribution in [0, 0.1) is 0 Å². The van der Waals surface area contributed by atoms with E-state index < -0.39 is 0 Å². The first-order valence-electron chi connectivity index (χ1n) is 6.97. The number of rotatable bonds is 6. The molecule has 0 atom stereocenters. The number of nitrogens with one attached hydrogen (secondary N) is 2. The summed E-state index contributed by atoms with van der Waals surface area (Å²) in [5, 5.41) is 7.08. The Balaban J connectivity index is 1.82. The largest absolute Gasteiger partial charge is 0.385 e. The van der Waals surface area contributed by atoms with Crippen molar-refractivity contribution in [1.82, 2.24) is 10.2 Å². The zero-order valence-electron chi connectivity index (χ0n) is 11.6. The van der Waals surface area contributed by atoms with Crippen molar-refractivity contribution < 1.29 is 0 Å². The Morgan fingerprint density at radius 3 is 3.06 bits per heavy atom. The van der Waals surface area contributed by atoms with Gasteiger partial charge < -0.3 is 15.5 Å². The number of anilines is 1. The molecule has 1 aliphatic heterocycles. The lowest BCUT2D eigenvalue weighted by Gasteiger charge is -2.21. The van der Waals surface area contributed by atoms with Crippen LogP contribution < -0.4 is 10.6 Å². The van der Waals surface area contributed by atoms with E-state index in [0.29, 0.717) is 0 Å². The maximum atomic E-state index is 3.54. The van der Waals surface area contributed by atoms with E-state index in [1.807, 2.05) is 0 Å². The number of benzene rings is 1. The Kier molecular flexibility index (Phi) is 5.02. The molecule has 0 saturated carbocycles. The molecule has 0 aliphatic carbocycles. The standard InChI is InChI=1S/C15H25N3/c1-18(2)11-5-9-16-12-14-7-3-6-13-8-4-10-17-15(13)14/h3,6-7,16-17H,4-5,8-12H2,1-2H3. The van der Waals surface area contributed by atoms with Gasteiger partial charge in [-0.15, -0.1) is 0 Å². The van der Waals surface area contributed by atoms with Crippen molar-refractivity contribution in [2.24, 2.45) is 0 Å². The summed E-state index contributed by atoms with van der Waals surface area (Å²) in [4.78, 5) is 2.23. The third-order valence-electron chi connectivity index (χ3n) is 3.44. The van der Waals surface area contributed by atoms with Gasteiger partial charge in [-0.25, -0.2) is 0 Å². The molecule has 0 saturated heterocycles. The molecule has 18 heavy (non-hydrogen) atoms. The number of aryl methyl sites for hydroxylation is 1. The summed E-state index contributed by atoms with van der Waals surface area (Å²) in [7, 11) is 4.25. The van der Waals surface area contributed by atoms with Gasteiger partial charge in [0.2, 0.25) is 0 Å². The van der Waals surface area contributed by atoms with Crippen LogP contribution in [-0.4, -0.2) is 38.6 Å². The molecule has 3 heteroatoms. The Labute approximate surface area is 111 Å². The maximum absolute atomic E-state index is 3.54. The molecule has 100 valence electrons. The lowest BCUT2D eigenvalue weighted by atomic mass is 9.99. The average Bonchev–Trinajstić information content (AvgIpc) is 2.38. The number of hydrogen-bond donors (Lipinski definition) is 2. The summed E-state index contributed by atoms with van der Waals surface area (Å²) in [6, 6.07) is 6.66. The Hall–Kier alpha value is -1.06. The van der Waals surface area contributed by atoms with Crippen LogP contribution in [0.15, 0.2) is 18.2 Å². The second kappa shape index (κ2) is 6.76. The minimum Gasteiger partial charge on any atom is -0.385 e. The van der Waals surface area contributed by atoms with Crippen LogP contribution in [-0.2, 0) is 13.0 Å². The van der Waals surface area contributed by atoms with Crippen molar-refractivity contribution in [1.29, 1.82) is 0 Å². The van der Waals surface area contributed by atoms with Gasteiger partial charge in [0.1, 0.15) is 0 Å². The molecule has 1 aromatic carbocycles. The van der Waals surface area contributed by atoms with Gasteiger partial charge in [-0.3, -0.25) is 0 Å². The SMILES string of the molecule is CN(C)CCCNCc1cccc2c1NCCC2. The highest BCUT2D eigenvalue weighted by Gasteiger charge is 2.11. The molecule has 1 aromatic rings. The molecule has 0 aromatic heterocycles. The predicted molar refractivity (Wildman–Crippen MR) is 78.1 cm³/mol. The first-order chi connectivity index (χ1) is 8.77. The summed E-state index contributed by atoms with van der Waals surface area (Å²) in [6.45, 7) is 4.33. The number of nitrogens with zero attached hydrogens (tertiary/aromatic N) is 1. The minimum atomic E-state index is 0.976. The normalized spacial score (nSPS) is 14.4. The molecule has 0 radical (unpaired) electrons. The molecule has 0 fully saturated rings. The molecule has 0 bridgehead atoms. The summed E-state index contributed by atoms with van der Waals surface area (Å²) in [6.07, 6.45) is 3.68. The number of hydrogen-bond acceptors (Lipinski definition) is 3. The van der Waals surface area contributed by atoms with E-state index in [1.165, 1.54) is 36.1 Å². The zero-order valence-corrected chi connectivity index (χ0v) is 11.6. The van der Waals surface area contributed by atoms with Gasteiger partial charge in [0, 0.05) is 18.8 Å². The van der Waals surface area contributed by atoms with Gasteiger partial charge in [0.05, 0.1) is 0 Å². The zero-order chi connectivity index (χ0) is 12.8. The molecule has 2 rings (SSSR count). The van der Waals surface area contributed by atoms with Crippen LogP contribution >= 0.6 is 0 Å². The van der Waals surface area contributed by atoms with Gasteiger partial charge in [0.15, 0.2) is 0 Å². The van der Waals surface area contributed by atoms with E-state index in [4.69, 9.17) is 0 Å². The van der Waals surface area contributed by atoms with E-state index in [-0.39, 0.29) is 0 Å². The van der Waals surface area contributed by atoms with Crippen molar-refractivity contribution >= 4 is 5.69 Å². The monoisotopic (exact) mass is 247 g/mol. The highest BCUT2D eigenvalue weighted by atomic mass is 15.1. The van der Waals surface area contributed by atoms with Crippen molar-refractivity contribution in [3.8, 4) is 0 Å². The third-order valence-corrected chi connectivity index (χ3v) is 3.44. The molecule has 3 nitrogen and oxygen atoms in total. The molecule has 2 N–H and O–H groups in total. The summed E-state index contributed by atoms with van der Waals surface area (Å²) in [5.74, 6) is 0. The van der Waals surface area contributed by atoms with Gasteiger partial charge in [-0.2, -0.15) is 0 Å². The Bertz CT molecular complexity index is 374. The molecule has 1 aliphatic rings. The minimum absolute atomic E-state index is 0.976. The molecule has 1 heterocycles. The van der Waals surface area contributed by atoms with Crippen molar-refractivity contribution in [3.05, 3.63) is 29.3 Å². The van der Waals surface area contributed by atoms with Gasteiger partial charge in [-0.05, 0) is 57.6 Å². The lowest BCUT2D eigenvalue weighted by Crippen LogP contribution is -2.22. The van der Waals surface area contributed by atoms with Crippen molar-refractivity contribution in [3.63, 3.8) is 0 Å². The number of fused-ring (bicyclic) bond motifs is 1. The lowest BCUT2D eigenvalue weighted by molar-refractivity contribution is 0.394. The van der Waals surface area contributed by atoms with Crippen molar-refractivity contribution in [2.75, 3.05) is 39.0 Å². The summed E-state index contributed by atoms with van der Waals surface area (Å²) < 4.78 is 0. The van der Waals surface area contributed by atoms with Crippen LogP contribution in [0.2, 0.25) is 0 Å². The van der Waals surface area contributed by atoms with Crippen LogP contribution in [0.25, 0.3) is 0 Å². The van der Waals surface area contributed by atoms with E-state index in [9.17, 15) is 0 Å². The molecule has 0 spiro atoms. The van der Waals surface area contributed by atoms with Gasteiger partial charge >= 0.3 is 0 Å². The molecule has 0 unspecified atom stereocenters. The van der Waals surface area contributed by atoms with E-state index in [1.54, 1.807) is 0 Å². The first-order valence-corrected chi connectivity index (χ1v) is 6.97. The molecular weight excluding hydrogens is 222 g/mol. The van der Waals surface area contributed by atoms with E-state index >= 15 is 0 Å². The highest BCUT2D eigenvalue weighted by Crippen LogP contribution is 2.25. The first kappa shape index (κ1) is 13.4. The van der Waals surface area contributed by atoms with Gasteiger partial charge in [-0.1, -0.05) is 18.2 Å². The average molecular weight is 247 g/mol. The Morgan fingerprint density at radius 1 is 1.33 bits per heavy atom. The fourth-order valence-electron chi connectivity index (χ4n) is 2.47. The summed E-state index contributed by atoms with van der Waals surface area (Å²) in [5.41, 5.74) is 4.27. The Morgan fingerprint density at radius 2 is 2.22 bits per heavy atom. The fraction of sp³-hybridized carbons (Fsp3) is 0.600. The maximum Gasteiger partial charge on any atom is 0.0418 e. The third kappa shape index (κ3) is 3.72. The predicted octanol–water partition coefficient (Wildman–Crippen LogP) is 2.09. The topological polar surface area (TPSA) is 27.3 Å². The molecular formula is C15H25N3. The molecule has 0 amide bonds. The quantitative estimate of drug-likeness (QED) is 0.754. The van der Waals surface area contributed by atoms with Crippen LogP contribution in [0.3, 0.4) is 0 Å². The van der Waals surface area contributed by atoms with E-state index in [2.05, 4.69) is 47.8 Å². The van der Waals surface area contributed by atoms with Gasteiger partial charge in [0.25, 0.3) is 0 Å². The second-order valence-corrected chi connectivity index (χ2v) is 5.32. The highest BCUT2D eigenvalue weighted by molar-refractivity contribution is 5.59. The van der Waals surface area contributed by atoms with Crippen LogP contribution in [0.1, 0.15) is 24.0 Å². The number of para-hydroxylation sites is 1. The summed E-state index contributed by atoms with van der Waals surface area (Å²) >= 11 is 0. The smallest absolute Gasteiger partial charge is 0.0418 e. The van der Waals surface area contributed by atoms with Crippen LogP contribution in [0.4, 0.5) is 5.69 Å². The van der Waals surface area contributed by atoms with Crippen LogP contribution in [0.5, 0.6) is 0 Å². The van der Waals surface area contributed by atoms with E-state index in [0.717, 1.165) is 26.2 Å².